The lowest BCUT2D eigenvalue weighted by Gasteiger charge is -2.33. The van der Waals surface area contributed by atoms with Crippen LogP contribution in [0.15, 0.2) is 30.3 Å². The van der Waals surface area contributed by atoms with Crippen LogP contribution >= 0.6 is 0 Å². The third kappa shape index (κ3) is 3.17. The van der Waals surface area contributed by atoms with Crippen LogP contribution in [0.2, 0.25) is 0 Å². The fourth-order valence-corrected chi connectivity index (χ4v) is 3.86. The molecule has 2 aliphatic rings. The van der Waals surface area contributed by atoms with Crippen molar-refractivity contribution in [3.8, 4) is 0 Å². The number of piperazine rings is 1. The molecular weight excluding hydrogens is 326 g/mol. The Morgan fingerprint density at radius 3 is 2.46 bits per heavy atom. The van der Waals surface area contributed by atoms with E-state index >= 15 is 0 Å². The van der Waals surface area contributed by atoms with Gasteiger partial charge in [-0.3, -0.25) is 4.79 Å². The van der Waals surface area contributed by atoms with Gasteiger partial charge in [-0.1, -0.05) is 30.3 Å². The molecule has 0 saturated carbocycles. The van der Waals surface area contributed by atoms with E-state index in [9.17, 15) is 4.79 Å². The molecule has 1 N–H and O–H groups in total. The van der Waals surface area contributed by atoms with Crippen molar-refractivity contribution in [1.82, 2.24) is 14.9 Å². The van der Waals surface area contributed by atoms with Crippen molar-refractivity contribution in [2.75, 3.05) is 50.5 Å². The summed E-state index contributed by atoms with van der Waals surface area (Å²) in [7, 11) is 3.96. The zero-order chi connectivity index (χ0) is 18.1. The minimum atomic E-state index is 0.134. The fraction of sp³-hybridized carbons (Fsp3) is 0.450. The van der Waals surface area contributed by atoms with E-state index < -0.39 is 0 Å². The Morgan fingerprint density at radius 1 is 1.04 bits per heavy atom. The number of carbonyl (C=O) groups is 1. The van der Waals surface area contributed by atoms with Crippen LogP contribution in [0.1, 0.15) is 34.0 Å². The van der Waals surface area contributed by atoms with Gasteiger partial charge in [-0.25, -0.2) is 4.98 Å². The first-order chi connectivity index (χ1) is 12.7. The largest absolute Gasteiger partial charge is 0.372 e. The molecule has 1 aromatic heterocycles. The highest BCUT2D eigenvalue weighted by molar-refractivity contribution is 6.03. The zero-order valence-electron chi connectivity index (χ0n) is 15.4. The predicted octanol–water partition coefficient (Wildman–Crippen LogP) is 2.18. The third-order valence-electron chi connectivity index (χ3n) is 5.42. The number of likely N-dealkylation sites (N-methyl/N-ethyl adjacent to an activating group) is 1. The summed E-state index contributed by atoms with van der Waals surface area (Å²) in [4.78, 5) is 26.9. The van der Waals surface area contributed by atoms with E-state index in [-0.39, 0.29) is 11.7 Å². The van der Waals surface area contributed by atoms with Gasteiger partial charge in [0.2, 0.25) is 5.95 Å². The summed E-state index contributed by atoms with van der Waals surface area (Å²) in [5, 5.41) is 3.12. The predicted molar refractivity (Wildman–Crippen MR) is 103 cm³/mol. The van der Waals surface area contributed by atoms with E-state index in [1.54, 1.807) is 0 Å². The first-order valence-corrected chi connectivity index (χ1v) is 9.26. The number of Topliss-reactive ketones (excluding diaryl/α,β-unsaturated/α-hetero) is 1. The van der Waals surface area contributed by atoms with Gasteiger partial charge in [0.25, 0.3) is 0 Å². The summed E-state index contributed by atoms with van der Waals surface area (Å²) in [5.74, 6) is 1.73. The second-order valence-corrected chi connectivity index (χ2v) is 7.17. The summed E-state index contributed by atoms with van der Waals surface area (Å²) < 4.78 is 0. The number of carbonyl (C=O) groups excluding carboxylic acids is 1. The monoisotopic (exact) mass is 351 g/mol. The lowest BCUT2D eigenvalue weighted by molar-refractivity contribution is 0.0963. The number of nitrogens with zero attached hydrogens (tertiary/aromatic N) is 4. The van der Waals surface area contributed by atoms with Gasteiger partial charge in [0.1, 0.15) is 5.82 Å². The normalized spacial score (nSPS) is 20.8. The number of rotatable bonds is 3. The van der Waals surface area contributed by atoms with Crippen molar-refractivity contribution in [2.24, 2.45) is 0 Å². The number of benzene rings is 1. The SMILES string of the molecule is CNc1nc(N2CCN(C)CC2)nc2c1C(=O)CC(c1ccccc1)C2. The van der Waals surface area contributed by atoms with Gasteiger partial charge in [0, 0.05) is 39.6 Å². The molecule has 4 rings (SSSR count). The molecule has 26 heavy (non-hydrogen) atoms. The number of fused-ring (bicyclic) bond motifs is 1. The number of hydrogen-bond donors (Lipinski definition) is 1. The topological polar surface area (TPSA) is 61.4 Å². The van der Waals surface area contributed by atoms with Crippen molar-refractivity contribution in [1.29, 1.82) is 0 Å². The van der Waals surface area contributed by atoms with Gasteiger partial charge in [0.05, 0.1) is 11.3 Å². The number of anilines is 2. The maximum absolute atomic E-state index is 12.8. The second-order valence-electron chi connectivity index (χ2n) is 7.17. The van der Waals surface area contributed by atoms with Crippen molar-refractivity contribution in [3.05, 3.63) is 47.2 Å². The highest BCUT2D eigenvalue weighted by Gasteiger charge is 2.31. The summed E-state index contributed by atoms with van der Waals surface area (Å²) in [6.45, 7) is 3.82. The van der Waals surface area contributed by atoms with Gasteiger partial charge in [-0.15, -0.1) is 0 Å². The second kappa shape index (κ2) is 7.03. The van der Waals surface area contributed by atoms with Crippen LogP contribution in [0.25, 0.3) is 0 Å². The zero-order valence-corrected chi connectivity index (χ0v) is 15.4. The molecule has 1 aliphatic carbocycles. The van der Waals surface area contributed by atoms with E-state index in [0.717, 1.165) is 44.2 Å². The molecule has 0 radical (unpaired) electrons. The maximum Gasteiger partial charge on any atom is 0.227 e. The molecule has 1 unspecified atom stereocenters. The van der Waals surface area contributed by atoms with E-state index in [0.29, 0.717) is 17.8 Å². The van der Waals surface area contributed by atoms with Crippen molar-refractivity contribution < 1.29 is 4.79 Å². The quantitative estimate of drug-likeness (QED) is 0.915. The van der Waals surface area contributed by atoms with E-state index in [1.807, 2.05) is 25.2 Å². The molecule has 0 spiro atoms. The van der Waals surface area contributed by atoms with Gasteiger partial charge < -0.3 is 15.1 Å². The molecule has 2 aromatic rings. The van der Waals surface area contributed by atoms with Gasteiger partial charge in [-0.05, 0) is 24.9 Å². The molecule has 1 fully saturated rings. The molecule has 6 heteroatoms. The molecule has 0 amide bonds. The molecule has 1 aromatic carbocycles. The van der Waals surface area contributed by atoms with Crippen LogP contribution in [-0.4, -0.2) is 60.9 Å². The van der Waals surface area contributed by atoms with Crippen molar-refractivity contribution >= 4 is 17.5 Å². The summed E-state index contributed by atoms with van der Waals surface area (Å²) in [6.07, 6.45) is 1.30. The average molecular weight is 351 g/mol. The van der Waals surface area contributed by atoms with E-state index in [2.05, 4.69) is 39.3 Å². The fourth-order valence-electron chi connectivity index (χ4n) is 3.86. The lowest BCUT2D eigenvalue weighted by atomic mass is 9.82. The van der Waals surface area contributed by atoms with Crippen LogP contribution in [0.5, 0.6) is 0 Å². The van der Waals surface area contributed by atoms with Gasteiger partial charge in [-0.2, -0.15) is 4.98 Å². The minimum absolute atomic E-state index is 0.134. The van der Waals surface area contributed by atoms with Gasteiger partial charge in [0.15, 0.2) is 5.78 Å². The Labute approximate surface area is 154 Å². The minimum Gasteiger partial charge on any atom is -0.372 e. The highest BCUT2D eigenvalue weighted by Crippen LogP contribution is 2.35. The molecule has 1 aliphatic heterocycles. The summed E-state index contributed by atoms with van der Waals surface area (Å²) in [5.41, 5.74) is 2.76. The number of nitrogens with one attached hydrogen (secondary N) is 1. The standard InChI is InChI=1S/C20H25N5O/c1-21-19-18-16(22-20(23-19)25-10-8-24(2)9-11-25)12-15(13-17(18)26)14-6-4-3-5-7-14/h3-7,15H,8-13H2,1-2H3,(H,21,22,23). The Hall–Kier alpha value is -2.47. The van der Waals surface area contributed by atoms with E-state index in [1.165, 1.54) is 5.56 Å². The van der Waals surface area contributed by atoms with Crippen LogP contribution in [-0.2, 0) is 6.42 Å². The van der Waals surface area contributed by atoms with Crippen LogP contribution in [0.4, 0.5) is 11.8 Å². The molecule has 2 heterocycles. The van der Waals surface area contributed by atoms with Crippen molar-refractivity contribution in [2.45, 2.75) is 18.8 Å². The Bertz CT molecular complexity index is 799. The molecule has 1 saturated heterocycles. The first kappa shape index (κ1) is 17.0. The number of aromatic nitrogens is 2. The maximum atomic E-state index is 12.8. The third-order valence-corrected chi connectivity index (χ3v) is 5.42. The van der Waals surface area contributed by atoms with Gasteiger partial charge >= 0.3 is 0 Å². The van der Waals surface area contributed by atoms with Crippen LogP contribution < -0.4 is 10.2 Å². The highest BCUT2D eigenvalue weighted by atomic mass is 16.1. The molecule has 1 atom stereocenters. The number of ketones is 1. The summed E-state index contributed by atoms with van der Waals surface area (Å²) in [6, 6.07) is 10.3. The Morgan fingerprint density at radius 2 is 1.77 bits per heavy atom. The Kier molecular flexibility index (Phi) is 4.59. The molecule has 6 nitrogen and oxygen atoms in total. The van der Waals surface area contributed by atoms with Crippen molar-refractivity contribution in [3.63, 3.8) is 0 Å². The molecule has 136 valence electrons. The van der Waals surface area contributed by atoms with Crippen LogP contribution in [0, 0.1) is 0 Å². The smallest absolute Gasteiger partial charge is 0.227 e. The number of hydrogen-bond acceptors (Lipinski definition) is 6. The average Bonchev–Trinajstić information content (AvgIpc) is 2.68. The van der Waals surface area contributed by atoms with E-state index in [4.69, 9.17) is 4.98 Å². The first-order valence-electron chi connectivity index (χ1n) is 9.26. The van der Waals surface area contributed by atoms with Crippen LogP contribution in [0.3, 0.4) is 0 Å². The summed E-state index contributed by atoms with van der Waals surface area (Å²) >= 11 is 0. The molecular formula is C20H25N5O. The molecule has 0 bridgehead atoms. The lowest BCUT2D eigenvalue weighted by Crippen LogP contribution is -2.45. The Balaban J connectivity index is 1.69.